The molecule has 0 heterocycles. The van der Waals surface area contributed by atoms with Crippen LogP contribution >= 0.6 is 27.5 Å². The first kappa shape index (κ1) is 11.5. The Bertz CT molecular complexity index is 331. The highest BCUT2D eigenvalue weighted by atomic mass is 79.9. The molecule has 4 heteroatoms. The van der Waals surface area contributed by atoms with Gasteiger partial charge in [0.05, 0.1) is 10.7 Å². The van der Waals surface area contributed by atoms with E-state index in [1.165, 1.54) is 12.1 Å². The van der Waals surface area contributed by atoms with Gasteiger partial charge in [-0.15, -0.1) is 6.58 Å². The summed E-state index contributed by atoms with van der Waals surface area (Å²) in [5.41, 5.74) is 0.681. The van der Waals surface area contributed by atoms with Crippen molar-refractivity contribution < 1.29 is 4.39 Å². The largest absolute Gasteiger partial charge is 0.377 e. The second kappa shape index (κ2) is 4.80. The molecule has 0 amide bonds. The zero-order valence-electron chi connectivity index (χ0n) is 7.65. The van der Waals surface area contributed by atoms with Crippen molar-refractivity contribution in [1.29, 1.82) is 0 Å². The summed E-state index contributed by atoms with van der Waals surface area (Å²) in [6.45, 7) is 5.57. The molecular formula is C10H10BrClFN. The Morgan fingerprint density at radius 2 is 2.29 bits per heavy atom. The van der Waals surface area contributed by atoms with Gasteiger partial charge in [0.1, 0.15) is 5.82 Å². The lowest BCUT2D eigenvalue weighted by atomic mass is 10.2. The van der Waals surface area contributed by atoms with Gasteiger partial charge in [-0.3, -0.25) is 0 Å². The van der Waals surface area contributed by atoms with Gasteiger partial charge in [0.15, 0.2) is 0 Å². The summed E-state index contributed by atoms with van der Waals surface area (Å²) in [7, 11) is 0. The average molecular weight is 279 g/mol. The normalized spacial score (nSPS) is 12.3. The quantitative estimate of drug-likeness (QED) is 0.816. The fourth-order valence-corrected chi connectivity index (χ4v) is 1.89. The molecule has 1 aromatic rings. The molecule has 0 bridgehead atoms. The van der Waals surface area contributed by atoms with E-state index in [1.807, 2.05) is 6.92 Å². The molecule has 0 aliphatic carbocycles. The van der Waals surface area contributed by atoms with Crippen LogP contribution in [0.5, 0.6) is 0 Å². The van der Waals surface area contributed by atoms with Crippen molar-refractivity contribution >= 4 is 33.2 Å². The van der Waals surface area contributed by atoms with Crippen molar-refractivity contribution in [3.63, 3.8) is 0 Å². The number of rotatable bonds is 3. The number of hydrogen-bond donors (Lipinski definition) is 1. The Morgan fingerprint density at radius 3 is 2.79 bits per heavy atom. The topological polar surface area (TPSA) is 12.0 Å². The average Bonchev–Trinajstić information content (AvgIpc) is 2.10. The van der Waals surface area contributed by atoms with Gasteiger partial charge in [0.25, 0.3) is 0 Å². The molecule has 1 atom stereocenters. The SMILES string of the molecule is C=CC(C)Nc1c(Cl)cc(F)cc1Br. The minimum atomic E-state index is -0.362. The number of anilines is 1. The lowest BCUT2D eigenvalue weighted by molar-refractivity contribution is 0.627. The molecule has 1 rings (SSSR count). The third-order valence-corrected chi connectivity index (χ3v) is 2.66. The molecule has 1 unspecified atom stereocenters. The predicted octanol–water partition coefficient (Wildman–Crippen LogP) is 4.23. The molecule has 0 aliphatic heterocycles. The summed E-state index contributed by atoms with van der Waals surface area (Å²) in [6.07, 6.45) is 1.74. The maximum Gasteiger partial charge on any atom is 0.125 e. The van der Waals surface area contributed by atoms with Crippen LogP contribution in [0.15, 0.2) is 29.3 Å². The molecule has 0 fully saturated rings. The van der Waals surface area contributed by atoms with Crippen LogP contribution in [-0.4, -0.2) is 6.04 Å². The first-order chi connectivity index (χ1) is 6.54. The van der Waals surface area contributed by atoms with Crippen LogP contribution in [0, 0.1) is 5.82 Å². The van der Waals surface area contributed by atoms with Gasteiger partial charge in [-0.05, 0) is 35.0 Å². The van der Waals surface area contributed by atoms with E-state index in [1.54, 1.807) is 6.08 Å². The van der Waals surface area contributed by atoms with Crippen molar-refractivity contribution in [3.05, 3.63) is 40.1 Å². The van der Waals surface area contributed by atoms with E-state index in [-0.39, 0.29) is 11.9 Å². The van der Waals surface area contributed by atoms with Gasteiger partial charge in [-0.25, -0.2) is 4.39 Å². The van der Waals surface area contributed by atoms with Crippen LogP contribution in [0.25, 0.3) is 0 Å². The smallest absolute Gasteiger partial charge is 0.125 e. The molecule has 0 aliphatic rings. The lowest BCUT2D eigenvalue weighted by Crippen LogP contribution is -2.12. The summed E-state index contributed by atoms with van der Waals surface area (Å²) in [5.74, 6) is -0.362. The molecule has 0 saturated heterocycles. The molecule has 0 spiro atoms. The highest BCUT2D eigenvalue weighted by Gasteiger charge is 2.08. The fraction of sp³-hybridized carbons (Fsp3) is 0.200. The van der Waals surface area contributed by atoms with Gasteiger partial charge in [0.2, 0.25) is 0 Å². The number of nitrogens with one attached hydrogen (secondary N) is 1. The number of halogens is 3. The highest BCUT2D eigenvalue weighted by Crippen LogP contribution is 2.32. The van der Waals surface area contributed by atoms with Crippen molar-refractivity contribution in [2.45, 2.75) is 13.0 Å². The minimum absolute atomic E-state index is 0.0780. The Balaban J connectivity index is 3.02. The molecule has 0 saturated carbocycles. The van der Waals surface area contributed by atoms with E-state index in [0.717, 1.165) is 0 Å². The van der Waals surface area contributed by atoms with Crippen molar-refractivity contribution in [3.8, 4) is 0 Å². The summed E-state index contributed by atoms with van der Waals surface area (Å²) in [4.78, 5) is 0. The molecule has 1 nitrogen and oxygen atoms in total. The predicted molar refractivity (Wildman–Crippen MR) is 62.4 cm³/mol. The molecule has 76 valence electrons. The Labute approximate surface area is 96.1 Å². The molecule has 0 aromatic heterocycles. The molecule has 1 aromatic carbocycles. The van der Waals surface area contributed by atoms with E-state index in [0.29, 0.717) is 15.2 Å². The van der Waals surface area contributed by atoms with E-state index in [4.69, 9.17) is 11.6 Å². The summed E-state index contributed by atoms with van der Waals surface area (Å²) >= 11 is 9.10. The zero-order valence-corrected chi connectivity index (χ0v) is 9.99. The minimum Gasteiger partial charge on any atom is -0.377 e. The van der Waals surface area contributed by atoms with E-state index >= 15 is 0 Å². The number of benzene rings is 1. The zero-order chi connectivity index (χ0) is 10.7. The second-order valence-electron chi connectivity index (χ2n) is 2.91. The maximum absolute atomic E-state index is 12.9. The lowest BCUT2D eigenvalue weighted by Gasteiger charge is -2.14. The summed E-state index contributed by atoms with van der Waals surface area (Å²) < 4.78 is 13.5. The van der Waals surface area contributed by atoms with Gasteiger partial charge >= 0.3 is 0 Å². The Morgan fingerprint density at radius 1 is 1.64 bits per heavy atom. The molecule has 1 N–H and O–H groups in total. The van der Waals surface area contributed by atoms with Crippen LogP contribution in [-0.2, 0) is 0 Å². The standard InChI is InChI=1S/C10H10BrClFN/c1-3-6(2)14-10-8(11)4-7(13)5-9(10)12/h3-6,14H,1H2,2H3. The first-order valence-corrected chi connectivity index (χ1v) is 5.25. The van der Waals surface area contributed by atoms with Gasteiger partial charge in [-0.2, -0.15) is 0 Å². The number of hydrogen-bond acceptors (Lipinski definition) is 1. The summed E-state index contributed by atoms with van der Waals surface area (Å²) in [6, 6.07) is 2.71. The summed E-state index contributed by atoms with van der Waals surface area (Å²) in [5, 5.41) is 3.44. The van der Waals surface area contributed by atoms with Gasteiger partial charge in [0, 0.05) is 10.5 Å². The van der Waals surface area contributed by atoms with Crippen molar-refractivity contribution in [2.24, 2.45) is 0 Å². The fourth-order valence-electron chi connectivity index (χ4n) is 0.967. The maximum atomic E-state index is 12.9. The second-order valence-corrected chi connectivity index (χ2v) is 4.17. The van der Waals surface area contributed by atoms with Crippen LogP contribution in [0.4, 0.5) is 10.1 Å². The monoisotopic (exact) mass is 277 g/mol. The third-order valence-electron chi connectivity index (χ3n) is 1.73. The van der Waals surface area contributed by atoms with Gasteiger partial charge < -0.3 is 5.32 Å². The Kier molecular flexibility index (Phi) is 3.96. The molecule has 14 heavy (non-hydrogen) atoms. The first-order valence-electron chi connectivity index (χ1n) is 4.08. The van der Waals surface area contributed by atoms with E-state index in [9.17, 15) is 4.39 Å². The van der Waals surface area contributed by atoms with Crippen molar-refractivity contribution in [2.75, 3.05) is 5.32 Å². The van der Waals surface area contributed by atoms with E-state index in [2.05, 4.69) is 27.8 Å². The van der Waals surface area contributed by atoms with Gasteiger partial charge in [-0.1, -0.05) is 17.7 Å². The van der Waals surface area contributed by atoms with E-state index < -0.39 is 0 Å². The molecule has 0 radical (unpaired) electrons. The van der Waals surface area contributed by atoms with Crippen LogP contribution in [0.2, 0.25) is 5.02 Å². The molecular weight excluding hydrogens is 268 g/mol. The van der Waals surface area contributed by atoms with Crippen LogP contribution in [0.3, 0.4) is 0 Å². The van der Waals surface area contributed by atoms with Crippen molar-refractivity contribution in [1.82, 2.24) is 0 Å². The van der Waals surface area contributed by atoms with Crippen LogP contribution < -0.4 is 5.32 Å². The van der Waals surface area contributed by atoms with Crippen LogP contribution in [0.1, 0.15) is 6.92 Å². The third kappa shape index (κ3) is 2.72. The highest BCUT2D eigenvalue weighted by molar-refractivity contribution is 9.10. The Hall–Kier alpha value is -0.540.